The van der Waals surface area contributed by atoms with E-state index in [0.29, 0.717) is 30.0 Å². The third kappa shape index (κ3) is 7.52. The van der Waals surface area contributed by atoms with Gasteiger partial charge < -0.3 is 24.6 Å². The molecule has 1 aliphatic rings. The Morgan fingerprint density at radius 2 is 1.82 bits per heavy atom. The number of nitrogens with one attached hydrogen (secondary N) is 2. The molecule has 0 radical (unpaired) electrons. The van der Waals surface area contributed by atoms with Crippen molar-refractivity contribution in [1.82, 2.24) is 4.72 Å². The van der Waals surface area contributed by atoms with Gasteiger partial charge in [-0.15, -0.1) is 0 Å². The maximum atomic E-state index is 13.0. The number of anilines is 1. The number of hydrogen-bond acceptors (Lipinski definition) is 7. The maximum absolute atomic E-state index is 13.0. The zero-order chi connectivity index (χ0) is 24.6. The highest BCUT2D eigenvalue weighted by Crippen LogP contribution is 2.18. The summed E-state index contributed by atoms with van der Waals surface area (Å²) in [5.74, 6) is -1.09. The van der Waals surface area contributed by atoms with Crippen LogP contribution in [0.5, 0.6) is 5.75 Å². The van der Waals surface area contributed by atoms with Gasteiger partial charge in [-0.25, -0.2) is 8.42 Å². The van der Waals surface area contributed by atoms with E-state index in [-0.39, 0.29) is 17.9 Å². The number of benzene rings is 2. The summed E-state index contributed by atoms with van der Waals surface area (Å²) in [6.45, 7) is 0.310. The average molecular weight is 493 g/mol. The van der Waals surface area contributed by atoms with Crippen molar-refractivity contribution in [3.8, 4) is 5.75 Å². The molecule has 1 amide bonds. The Bertz CT molecular complexity index is 1070. The number of rotatable bonds is 11. The van der Waals surface area contributed by atoms with Crippen LogP contribution >= 0.6 is 0 Å². The number of carboxylic acids is 1. The third-order valence-corrected chi connectivity index (χ3v) is 6.63. The summed E-state index contributed by atoms with van der Waals surface area (Å²) < 4.78 is 44.5. The second-order valence-corrected chi connectivity index (χ2v) is 9.45. The molecule has 0 bridgehead atoms. The fourth-order valence-electron chi connectivity index (χ4n) is 3.33. The standard InChI is InChI=1S/C23H28N2O8S/c1-31-18-9-11-19(12-10-18)34(29,30)25-20(15-33-22-4-2-3-13-32-22)23(28)24-17-7-5-16(6-8-17)14-21(26)27/h5-12,20,22,25H,2-4,13-15H2,1H3,(H,24,28)(H,26,27). The van der Waals surface area contributed by atoms with Crippen LogP contribution in [0.3, 0.4) is 0 Å². The van der Waals surface area contributed by atoms with Gasteiger partial charge in [0, 0.05) is 12.3 Å². The zero-order valence-electron chi connectivity index (χ0n) is 18.7. The number of carbonyl (C=O) groups is 2. The number of amides is 1. The highest BCUT2D eigenvalue weighted by Gasteiger charge is 2.28. The van der Waals surface area contributed by atoms with Gasteiger partial charge in [0.25, 0.3) is 0 Å². The van der Waals surface area contributed by atoms with Gasteiger partial charge in [0.15, 0.2) is 6.29 Å². The predicted octanol–water partition coefficient (Wildman–Crippen LogP) is 2.15. The minimum atomic E-state index is -4.05. The summed E-state index contributed by atoms with van der Waals surface area (Å²) >= 11 is 0. The monoisotopic (exact) mass is 492 g/mol. The van der Waals surface area contributed by atoms with Gasteiger partial charge in [-0.1, -0.05) is 12.1 Å². The van der Waals surface area contributed by atoms with Gasteiger partial charge in [0.2, 0.25) is 15.9 Å². The Morgan fingerprint density at radius 1 is 1.12 bits per heavy atom. The van der Waals surface area contributed by atoms with Crippen molar-refractivity contribution in [3.63, 3.8) is 0 Å². The van der Waals surface area contributed by atoms with E-state index in [1.165, 1.54) is 31.4 Å². The van der Waals surface area contributed by atoms with Crippen LogP contribution in [0.2, 0.25) is 0 Å². The first kappa shape index (κ1) is 25.6. The van der Waals surface area contributed by atoms with Crippen LogP contribution in [0.4, 0.5) is 5.69 Å². The second kappa shape index (κ2) is 11.9. The highest BCUT2D eigenvalue weighted by molar-refractivity contribution is 7.89. The quantitative estimate of drug-likeness (QED) is 0.433. The average Bonchev–Trinajstić information content (AvgIpc) is 2.83. The Hall–Kier alpha value is -2.99. The molecule has 184 valence electrons. The van der Waals surface area contributed by atoms with Gasteiger partial charge >= 0.3 is 5.97 Å². The molecule has 0 aliphatic carbocycles. The predicted molar refractivity (Wildman–Crippen MR) is 123 cm³/mol. The first-order valence-electron chi connectivity index (χ1n) is 10.8. The van der Waals surface area contributed by atoms with Crippen molar-refractivity contribution in [1.29, 1.82) is 0 Å². The fraction of sp³-hybridized carbons (Fsp3) is 0.391. The van der Waals surface area contributed by atoms with Crippen LogP contribution in [0.15, 0.2) is 53.4 Å². The molecule has 1 aliphatic heterocycles. The van der Waals surface area contributed by atoms with Crippen LogP contribution in [-0.2, 0) is 35.5 Å². The Labute approximate surface area is 198 Å². The molecule has 1 saturated heterocycles. The molecule has 0 aromatic heterocycles. The topological polar surface area (TPSA) is 140 Å². The minimum absolute atomic E-state index is 0.0296. The molecule has 0 saturated carbocycles. The molecular weight excluding hydrogens is 464 g/mol. The lowest BCUT2D eigenvalue weighted by atomic mass is 10.1. The van der Waals surface area contributed by atoms with Gasteiger partial charge in [0.05, 0.1) is 25.0 Å². The molecular formula is C23H28N2O8S. The smallest absolute Gasteiger partial charge is 0.307 e. The van der Waals surface area contributed by atoms with Crippen LogP contribution in [0.1, 0.15) is 24.8 Å². The fourth-order valence-corrected chi connectivity index (χ4v) is 4.51. The molecule has 11 heteroatoms. The van der Waals surface area contributed by atoms with Crippen molar-refractivity contribution in [2.75, 3.05) is 25.6 Å². The number of ether oxygens (including phenoxy) is 3. The second-order valence-electron chi connectivity index (χ2n) is 7.74. The molecule has 10 nitrogen and oxygen atoms in total. The minimum Gasteiger partial charge on any atom is -0.497 e. The first-order chi connectivity index (χ1) is 16.3. The summed E-state index contributed by atoms with van der Waals surface area (Å²) in [6.07, 6.45) is 1.84. The van der Waals surface area contributed by atoms with Gasteiger partial charge in [-0.3, -0.25) is 9.59 Å². The molecule has 34 heavy (non-hydrogen) atoms. The third-order valence-electron chi connectivity index (χ3n) is 5.15. The van der Waals surface area contributed by atoms with Crippen molar-refractivity contribution in [3.05, 3.63) is 54.1 Å². The zero-order valence-corrected chi connectivity index (χ0v) is 19.5. The lowest BCUT2D eigenvalue weighted by Crippen LogP contribution is -2.47. The van der Waals surface area contributed by atoms with Gasteiger partial charge in [0.1, 0.15) is 11.8 Å². The van der Waals surface area contributed by atoms with Crippen molar-refractivity contribution < 1.29 is 37.3 Å². The molecule has 3 N–H and O–H groups in total. The van der Waals surface area contributed by atoms with E-state index >= 15 is 0 Å². The Kier molecular flexibility index (Phi) is 8.99. The van der Waals surface area contributed by atoms with E-state index in [1.54, 1.807) is 24.3 Å². The van der Waals surface area contributed by atoms with Crippen molar-refractivity contribution in [2.24, 2.45) is 0 Å². The largest absolute Gasteiger partial charge is 0.497 e. The molecule has 2 unspecified atom stereocenters. The normalized spacial score (nSPS) is 17.0. The summed E-state index contributed by atoms with van der Waals surface area (Å²) in [7, 11) is -2.57. The van der Waals surface area contributed by atoms with Gasteiger partial charge in [-0.05, 0) is 61.2 Å². The Morgan fingerprint density at radius 3 is 2.41 bits per heavy atom. The Balaban J connectivity index is 1.73. The van der Waals surface area contributed by atoms with Crippen molar-refractivity contribution in [2.45, 2.75) is 42.9 Å². The number of carboxylic acid groups (broad SMARTS) is 1. The molecule has 2 atom stereocenters. The SMILES string of the molecule is COc1ccc(S(=O)(=O)NC(COC2CCCCO2)C(=O)Nc2ccc(CC(=O)O)cc2)cc1. The summed E-state index contributed by atoms with van der Waals surface area (Å²) in [6, 6.07) is 10.8. The van der Waals surface area contributed by atoms with Crippen LogP contribution in [0, 0.1) is 0 Å². The van der Waals surface area contributed by atoms with Crippen LogP contribution < -0.4 is 14.8 Å². The lowest BCUT2D eigenvalue weighted by Gasteiger charge is -2.25. The van der Waals surface area contributed by atoms with Gasteiger partial charge in [-0.2, -0.15) is 4.72 Å². The highest BCUT2D eigenvalue weighted by atomic mass is 32.2. The maximum Gasteiger partial charge on any atom is 0.307 e. The van der Waals surface area contributed by atoms with Crippen LogP contribution in [0.25, 0.3) is 0 Å². The summed E-state index contributed by atoms with van der Waals surface area (Å²) in [5.41, 5.74) is 0.960. The van der Waals surface area contributed by atoms with E-state index in [4.69, 9.17) is 19.3 Å². The van der Waals surface area contributed by atoms with Crippen LogP contribution in [-0.4, -0.2) is 58.1 Å². The van der Waals surface area contributed by atoms with E-state index in [1.807, 2.05) is 0 Å². The van der Waals surface area contributed by atoms with E-state index in [9.17, 15) is 18.0 Å². The van der Waals surface area contributed by atoms with Crippen molar-refractivity contribution >= 4 is 27.6 Å². The number of hydrogen-bond donors (Lipinski definition) is 3. The summed E-state index contributed by atoms with van der Waals surface area (Å²) in [5, 5.41) is 11.5. The number of methoxy groups -OCH3 is 1. The number of carbonyl (C=O) groups excluding carboxylic acids is 1. The van der Waals surface area contributed by atoms with E-state index < -0.39 is 34.2 Å². The first-order valence-corrected chi connectivity index (χ1v) is 12.3. The molecule has 2 aromatic carbocycles. The summed E-state index contributed by atoms with van der Waals surface area (Å²) in [4.78, 5) is 23.8. The lowest BCUT2D eigenvalue weighted by molar-refractivity contribution is -0.166. The number of aliphatic carboxylic acids is 1. The van der Waals surface area contributed by atoms with E-state index in [0.717, 1.165) is 12.8 Å². The molecule has 3 rings (SSSR count). The molecule has 0 spiro atoms. The molecule has 2 aromatic rings. The molecule has 1 fully saturated rings. The molecule has 1 heterocycles. The van der Waals surface area contributed by atoms with E-state index in [2.05, 4.69) is 10.0 Å². The number of sulfonamides is 1.